The summed E-state index contributed by atoms with van der Waals surface area (Å²) < 4.78 is 11.5. The molecule has 0 radical (unpaired) electrons. The van der Waals surface area contributed by atoms with E-state index in [0.717, 1.165) is 35.4 Å². The molecule has 0 aliphatic carbocycles. The van der Waals surface area contributed by atoms with Gasteiger partial charge < -0.3 is 14.4 Å². The van der Waals surface area contributed by atoms with Crippen molar-refractivity contribution in [1.82, 2.24) is 10.2 Å². The van der Waals surface area contributed by atoms with Gasteiger partial charge in [0.1, 0.15) is 0 Å². The third-order valence-electron chi connectivity index (χ3n) is 2.08. The fourth-order valence-corrected chi connectivity index (χ4v) is 2.41. The Bertz CT molecular complexity index is 301. The van der Waals surface area contributed by atoms with Gasteiger partial charge >= 0.3 is 0 Å². The Kier molecular flexibility index (Phi) is 7.67. The van der Waals surface area contributed by atoms with E-state index in [1.807, 2.05) is 13.8 Å². The summed E-state index contributed by atoms with van der Waals surface area (Å²) in [7, 11) is 0. The third kappa shape index (κ3) is 5.76. The van der Waals surface area contributed by atoms with Gasteiger partial charge in [0, 0.05) is 26.3 Å². The van der Waals surface area contributed by atoms with Crippen LogP contribution in [0.4, 0.5) is 5.13 Å². The van der Waals surface area contributed by atoms with Crippen molar-refractivity contribution in [2.75, 3.05) is 44.4 Å². The second kappa shape index (κ2) is 8.79. The van der Waals surface area contributed by atoms with Gasteiger partial charge in [-0.1, -0.05) is 11.3 Å². The van der Waals surface area contributed by atoms with E-state index in [4.69, 9.17) is 9.47 Å². The maximum atomic E-state index is 5.36. The van der Waals surface area contributed by atoms with Crippen LogP contribution in [0.3, 0.4) is 0 Å². The molecule has 17 heavy (non-hydrogen) atoms. The fourth-order valence-electron chi connectivity index (χ4n) is 1.27. The van der Waals surface area contributed by atoms with Crippen molar-refractivity contribution in [3.63, 3.8) is 0 Å². The third-order valence-corrected chi connectivity index (χ3v) is 3.50. The maximum Gasteiger partial charge on any atom is 0.209 e. The highest BCUT2D eigenvalue weighted by atomic mass is 79.9. The van der Waals surface area contributed by atoms with Crippen LogP contribution in [0.5, 0.6) is 0 Å². The fraction of sp³-hybridized carbons (Fsp3) is 0.800. The van der Waals surface area contributed by atoms with Crippen LogP contribution in [0, 0.1) is 0 Å². The molecular formula is C10H18BrN3O2S. The average Bonchev–Trinajstić information content (AvgIpc) is 2.74. The number of hydrogen-bond acceptors (Lipinski definition) is 6. The Morgan fingerprint density at radius 3 is 2.12 bits per heavy atom. The van der Waals surface area contributed by atoms with Crippen molar-refractivity contribution in [3.8, 4) is 0 Å². The number of nitrogens with zero attached hydrogens (tertiary/aromatic N) is 3. The first-order valence-corrected chi connectivity index (χ1v) is 7.28. The highest BCUT2D eigenvalue weighted by Gasteiger charge is 2.11. The lowest BCUT2D eigenvalue weighted by Gasteiger charge is -2.20. The van der Waals surface area contributed by atoms with E-state index in [0.29, 0.717) is 13.2 Å². The molecule has 0 aliphatic rings. The van der Waals surface area contributed by atoms with Crippen molar-refractivity contribution in [2.45, 2.75) is 13.8 Å². The topological polar surface area (TPSA) is 47.5 Å². The molecule has 7 heteroatoms. The van der Waals surface area contributed by atoms with E-state index in [2.05, 4.69) is 31.0 Å². The normalized spacial score (nSPS) is 10.8. The largest absolute Gasteiger partial charge is 0.380 e. The van der Waals surface area contributed by atoms with E-state index in [1.54, 1.807) is 0 Å². The molecular weight excluding hydrogens is 306 g/mol. The van der Waals surface area contributed by atoms with Crippen LogP contribution in [0.15, 0.2) is 3.92 Å². The van der Waals surface area contributed by atoms with Gasteiger partial charge in [-0.05, 0) is 29.8 Å². The SMILES string of the molecule is CCOCCN(CCOCC)c1nnc(Br)s1. The summed E-state index contributed by atoms with van der Waals surface area (Å²) in [6, 6.07) is 0. The summed E-state index contributed by atoms with van der Waals surface area (Å²) in [5.74, 6) is 0. The molecule has 0 fully saturated rings. The average molecular weight is 324 g/mol. The number of ether oxygens (including phenoxy) is 2. The number of aromatic nitrogens is 2. The van der Waals surface area contributed by atoms with Crippen LogP contribution >= 0.6 is 27.3 Å². The Morgan fingerprint density at radius 2 is 1.71 bits per heavy atom. The smallest absolute Gasteiger partial charge is 0.209 e. The molecule has 98 valence electrons. The lowest BCUT2D eigenvalue weighted by atomic mass is 10.5. The molecule has 0 spiro atoms. The number of rotatable bonds is 9. The van der Waals surface area contributed by atoms with Crippen LogP contribution in [0.1, 0.15) is 13.8 Å². The molecule has 0 aromatic carbocycles. The molecule has 5 nitrogen and oxygen atoms in total. The Hall–Kier alpha value is -0.240. The van der Waals surface area contributed by atoms with E-state index in [-0.39, 0.29) is 0 Å². The van der Waals surface area contributed by atoms with Gasteiger partial charge in [-0.15, -0.1) is 10.2 Å². The van der Waals surface area contributed by atoms with E-state index in [9.17, 15) is 0 Å². The molecule has 0 saturated heterocycles. The molecule has 1 rings (SSSR count). The van der Waals surface area contributed by atoms with Crippen molar-refractivity contribution < 1.29 is 9.47 Å². The number of halogens is 1. The zero-order valence-corrected chi connectivity index (χ0v) is 12.6. The van der Waals surface area contributed by atoms with Crippen LogP contribution in [-0.2, 0) is 9.47 Å². The van der Waals surface area contributed by atoms with Crippen LogP contribution in [-0.4, -0.2) is 49.7 Å². The monoisotopic (exact) mass is 323 g/mol. The van der Waals surface area contributed by atoms with Gasteiger partial charge in [0.25, 0.3) is 0 Å². The summed E-state index contributed by atoms with van der Waals surface area (Å²) in [6.07, 6.45) is 0. The summed E-state index contributed by atoms with van der Waals surface area (Å²) >= 11 is 4.84. The van der Waals surface area contributed by atoms with Gasteiger partial charge in [-0.2, -0.15) is 0 Å². The second-order valence-corrected chi connectivity index (χ2v) is 5.45. The Morgan fingerprint density at radius 1 is 1.12 bits per heavy atom. The van der Waals surface area contributed by atoms with Crippen molar-refractivity contribution >= 4 is 32.4 Å². The molecule has 1 aromatic heterocycles. The van der Waals surface area contributed by atoms with Gasteiger partial charge in [0.15, 0.2) is 3.92 Å². The second-order valence-electron chi connectivity index (χ2n) is 3.22. The predicted octanol–water partition coefficient (Wildman–Crippen LogP) is 2.18. The lowest BCUT2D eigenvalue weighted by molar-refractivity contribution is 0.141. The van der Waals surface area contributed by atoms with Crippen LogP contribution in [0.2, 0.25) is 0 Å². The van der Waals surface area contributed by atoms with Gasteiger partial charge in [-0.3, -0.25) is 0 Å². The molecule has 0 bridgehead atoms. The van der Waals surface area contributed by atoms with Crippen molar-refractivity contribution in [1.29, 1.82) is 0 Å². The van der Waals surface area contributed by atoms with Crippen molar-refractivity contribution in [3.05, 3.63) is 3.92 Å². The van der Waals surface area contributed by atoms with E-state index in [1.165, 1.54) is 11.3 Å². The van der Waals surface area contributed by atoms with Gasteiger partial charge in [0.2, 0.25) is 5.13 Å². The number of anilines is 1. The number of hydrogen-bond donors (Lipinski definition) is 0. The molecule has 0 amide bonds. The standard InChI is InChI=1S/C10H18BrN3O2S/c1-3-15-7-5-14(6-8-16-4-2)10-13-12-9(11)17-10/h3-8H2,1-2H3. The summed E-state index contributed by atoms with van der Waals surface area (Å²) in [4.78, 5) is 2.13. The minimum atomic E-state index is 0.694. The molecule has 0 N–H and O–H groups in total. The zero-order valence-electron chi connectivity index (χ0n) is 10.2. The minimum Gasteiger partial charge on any atom is -0.380 e. The predicted molar refractivity (Wildman–Crippen MR) is 72.8 cm³/mol. The van der Waals surface area contributed by atoms with Crippen LogP contribution in [0.25, 0.3) is 0 Å². The summed E-state index contributed by atoms with van der Waals surface area (Å²) in [6.45, 7) is 8.46. The lowest BCUT2D eigenvalue weighted by Crippen LogP contribution is -2.31. The maximum absolute atomic E-state index is 5.36. The van der Waals surface area contributed by atoms with Crippen LogP contribution < -0.4 is 4.90 Å². The Balaban J connectivity index is 2.46. The Labute approximate surface area is 114 Å². The van der Waals surface area contributed by atoms with Gasteiger partial charge in [-0.25, -0.2) is 0 Å². The first-order valence-electron chi connectivity index (χ1n) is 5.67. The quantitative estimate of drug-likeness (QED) is 0.652. The molecule has 0 aliphatic heterocycles. The first kappa shape index (κ1) is 14.8. The molecule has 1 aromatic rings. The minimum absolute atomic E-state index is 0.694. The first-order chi connectivity index (χ1) is 8.27. The molecule has 0 atom stereocenters. The molecule has 1 heterocycles. The van der Waals surface area contributed by atoms with E-state index >= 15 is 0 Å². The van der Waals surface area contributed by atoms with E-state index < -0.39 is 0 Å². The van der Waals surface area contributed by atoms with Gasteiger partial charge in [0.05, 0.1) is 13.2 Å². The van der Waals surface area contributed by atoms with Crippen molar-refractivity contribution in [2.24, 2.45) is 0 Å². The molecule has 0 unspecified atom stereocenters. The zero-order chi connectivity index (χ0) is 12.5. The summed E-state index contributed by atoms with van der Waals surface area (Å²) in [5, 5.41) is 8.97. The highest BCUT2D eigenvalue weighted by molar-refractivity contribution is 9.11. The summed E-state index contributed by atoms with van der Waals surface area (Å²) in [5.41, 5.74) is 0. The molecule has 0 saturated carbocycles. The highest BCUT2D eigenvalue weighted by Crippen LogP contribution is 2.23.